The number of aromatic nitrogens is 2. The maximum absolute atomic E-state index is 13.1. The predicted molar refractivity (Wildman–Crippen MR) is 128 cm³/mol. The van der Waals surface area contributed by atoms with Gasteiger partial charge in [-0.1, -0.05) is 35.9 Å². The third kappa shape index (κ3) is 4.88. The normalized spacial score (nSPS) is 13.5. The molecule has 1 aliphatic heterocycles. The Hall–Kier alpha value is -3.31. The van der Waals surface area contributed by atoms with E-state index < -0.39 is 5.91 Å². The molecule has 0 unspecified atom stereocenters. The molecule has 2 heterocycles. The summed E-state index contributed by atoms with van der Waals surface area (Å²) in [6.45, 7) is 5.54. The lowest BCUT2D eigenvalue weighted by molar-refractivity contribution is 0.0819. The van der Waals surface area contributed by atoms with Gasteiger partial charge in [-0.05, 0) is 55.3 Å². The van der Waals surface area contributed by atoms with Crippen molar-refractivity contribution in [3.63, 3.8) is 0 Å². The van der Waals surface area contributed by atoms with E-state index in [9.17, 15) is 10.1 Å². The lowest BCUT2D eigenvalue weighted by Gasteiger charge is -2.15. The molecule has 0 atom stereocenters. The van der Waals surface area contributed by atoms with E-state index in [-0.39, 0.29) is 11.3 Å². The van der Waals surface area contributed by atoms with Gasteiger partial charge in [-0.15, -0.1) is 0 Å². The summed E-state index contributed by atoms with van der Waals surface area (Å²) < 4.78 is 7.07. The first-order valence-corrected chi connectivity index (χ1v) is 11.2. The van der Waals surface area contributed by atoms with Crippen LogP contribution in [-0.4, -0.2) is 40.4 Å². The van der Waals surface area contributed by atoms with Gasteiger partial charge in [-0.2, -0.15) is 10.4 Å². The third-order valence-electron chi connectivity index (χ3n) is 5.21. The summed E-state index contributed by atoms with van der Waals surface area (Å²) >= 11 is 12.5. The number of carbonyl (C=O) groups is 1. The van der Waals surface area contributed by atoms with Gasteiger partial charge >= 0.3 is 0 Å². The van der Waals surface area contributed by atoms with Crippen LogP contribution < -0.4 is 10.2 Å². The summed E-state index contributed by atoms with van der Waals surface area (Å²) in [5.74, 6) is 0.212. The van der Waals surface area contributed by atoms with E-state index in [4.69, 9.17) is 27.9 Å². The molecule has 7 nitrogen and oxygen atoms in total. The van der Waals surface area contributed by atoms with Crippen molar-refractivity contribution >= 4 is 29.1 Å². The fraction of sp³-hybridized carbons (Fsp3) is 0.208. The summed E-state index contributed by atoms with van der Waals surface area (Å²) in [4.78, 5) is 13.1. The van der Waals surface area contributed by atoms with Crippen LogP contribution in [0.25, 0.3) is 16.9 Å². The summed E-state index contributed by atoms with van der Waals surface area (Å²) in [5.41, 5.74) is 4.65. The van der Waals surface area contributed by atoms with Gasteiger partial charge < -0.3 is 4.74 Å². The Kier molecular flexibility index (Phi) is 6.99. The maximum atomic E-state index is 13.1. The van der Waals surface area contributed by atoms with Crippen LogP contribution in [0.3, 0.4) is 0 Å². The Balaban J connectivity index is 1.83. The molecule has 0 aliphatic carbocycles. The van der Waals surface area contributed by atoms with E-state index in [0.717, 1.165) is 25.9 Å². The van der Waals surface area contributed by atoms with E-state index in [2.05, 4.69) is 23.2 Å². The first kappa shape index (κ1) is 22.9. The second kappa shape index (κ2) is 10.1. The Morgan fingerprint density at radius 3 is 2.58 bits per heavy atom. The number of carbonyl (C=O) groups excluding carboxylic acids is 1. The molecular formula is C24H21Cl2N5O2. The molecule has 3 aromatic rings. The quantitative estimate of drug-likeness (QED) is 0.478. The number of hydrogen-bond acceptors (Lipinski definition) is 5. The number of halogens is 2. The largest absolute Gasteiger partial charge is 0.490 e. The minimum absolute atomic E-state index is 0.0254. The zero-order chi connectivity index (χ0) is 23.4. The van der Waals surface area contributed by atoms with Crippen LogP contribution >= 0.6 is 23.2 Å². The molecule has 4 rings (SSSR count). The van der Waals surface area contributed by atoms with Gasteiger partial charge in [0.25, 0.3) is 5.91 Å². The Morgan fingerprint density at radius 1 is 1.21 bits per heavy atom. The van der Waals surface area contributed by atoms with E-state index in [1.807, 2.05) is 5.01 Å². The highest BCUT2D eigenvalue weighted by molar-refractivity contribution is 6.35. The van der Waals surface area contributed by atoms with Gasteiger partial charge in [0, 0.05) is 23.7 Å². The number of hydrogen-bond donors (Lipinski definition) is 1. The smallest absolute Gasteiger partial charge is 0.287 e. The van der Waals surface area contributed by atoms with Crippen molar-refractivity contribution < 1.29 is 9.53 Å². The molecule has 0 radical (unpaired) electrons. The molecule has 0 spiro atoms. The zero-order valence-corrected chi connectivity index (χ0v) is 19.2. The predicted octanol–water partition coefficient (Wildman–Crippen LogP) is 5.02. The molecule has 2 aromatic carbocycles. The van der Waals surface area contributed by atoms with E-state index in [1.54, 1.807) is 48.5 Å². The highest BCUT2D eigenvalue weighted by atomic mass is 35.5. The molecule has 0 bridgehead atoms. The second-order valence-corrected chi connectivity index (χ2v) is 8.29. The molecule has 33 heavy (non-hydrogen) atoms. The first-order valence-electron chi connectivity index (χ1n) is 10.4. The van der Waals surface area contributed by atoms with Crippen LogP contribution in [0.2, 0.25) is 10.0 Å². The van der Waals surface area contributed by atoms with E-state index in [1.165, 1.54) is 4.68 Å². The number of rotatable bonds is 7. The van der Waals surface area contributed by atoms with Crippen molar-refractivity contribution in [2.75, 3.05) is 19.7 Å². The molecule has 0 saturated carbocycles. The van der Waals surface area contributed by atoms with Crippen molar-refractivity contribution in [1.82, 2.24) is 20.2 Å². The van der Waals surface area contributed by atoms with Crippen LogP contribution in [0.5, 0.6) is 5.75 Å². The topological polar surface area (TPSA) is 83.2 Å². The van der Waals surface area contributed by atoms with Gasteiger partial charge in [0.2, 0.25) is 0 Å². The minimum atomic E-state index is -0.440. The lowest BCUT2D eigenvalue weighted by Crippen LogP contribution is -2.40. The fourth-order valence-electron chi connectivity index (χ4n) is 3.67. The summed E-state index contributed by atoms with van der Waals surface area (Å²) in [7, 11) is 0. The highest BCUT2D eigenvalue weighted by Crippen LogP contribution is 2.33. The number of ether oxygens (including phenoxy) is 1. The van der Waals surface area contributed by atoms with Crippen molar-refractivity contribution in [3.8, 4) is 28.8 Å². The van der Waals surface area contributed by atoms with Crippen molar-refractivity contribution in [1.29, 1.82) is 5.26 Å². The van der Waals surface area contributed by atoms with Crippen molar-refractivity contribution in [2.24, 2.45) is 0 Å². The van der Waals surface area contributed by atoms with E-state index in [0.29, 0.717) is 39.3 Å². The fourth-order valence-corrected chi connectivity index (χ4v) is 4.16. The number of benzene rings is 2. The summed E-state index contributed by atoms with van der Waals surface area (Å²) in [5, 5.41) is 17.2. The summed E-state index contributed by atoms with van der Waals surface area (Å²) in [6.07, 6.45) is 3.67. The first-order chi connectivity index (χ1) is 16.0. The van der Waals surface area contributed by atoms with Gasteiger partial charge in [-0.25, -0.2) is 9.69 Å². The number of hydrazine groups is 1. The Bertz CT molecular complexity index is 1220. The SMILES string of the molecule is C=CCOc1ccc(-c2c(C#N)c(C(=O)NN3CCCC3)nn2-c2ccc(Cl)cc2Cl)cc1. The monoisotopic (exact) mass is 481 g/mol. The molecule has 1 aliphatic rings. The molecule has 1 aromatic heterocycles. The zero-order valence-electron chi connectivity index (χ0n) is 17.7. The van der Waals surface area contributed by atoms with Crippen LogP contribution in [0, 0.1) is 11.3 Å². The van der Waals surface area contributed by atoms with Crippen molar-refractivity contribution in [3.05, 3.63) is 76.4 Å². The van der Waals surface area contributed by atoms with Gasteiger partial charge in [0.05, 0.1) is 16.4 Å². The standard InChI is InChI=1S/C24H21Cl2N5O2/c1-2-13-33-18-8-5-16(6-9-18)23-19(15-27)22(24(32)29-30-11-3-4-12-30)28-31(23)21-10-7-17(25)14-20(21)26/h2,5-10,14H,1,3-4,11-13H2,(H,29,32). The van der Waals surface area contributed by atoms with Crippen LogP contribution in [0.4, 0.5) is 0 Å². The Morgan fingerprint density at radius 2 is 1.94 bits per heavy atom. The number of nitriles is 1. The van der Waals surface area contributed by atoms with Gasteiger partial charge in [-0.3, -0.25) is 10.2 Å². The number of nitrogens with one attached hydrogen (secondary N) is 1. The van der Waals surface area contributed by atoms with Gasteiger partial charge in [0.15, 0.2) is 5.69 Å². The molecule has 168 valence electrons. The molecule has 9 heteroatoms. The Labute approximate surface area is 201 Å². The number of amides is 1. The van der Waals surface area contributed by atoms with Crippen LogP contribution in [0.15, 0.2) is 55.1 Å². The molecule has 1 amide bonds. The summed E-state index contributed by atoms with van der Waals surface area (Å²) in [6, 6.07) is 14.3. The van der Waals surface area contributed by atoms with Crippen LogP contribution in [-0.2, 0) is 0 Å². The number of nitrogens with zero attached hydrogens (tertiary/aromatic N) is 4. The highest BCUT2D eigenvalue weighted by Gasteiger charge is 2.27. The van der Waals surface area contributed by atoms with Crippen molar-refractivity contribution in [2.45, 2.75) is 12.8 Å². The van der Waals surface area contributed by atoms with E-state index >= 15 is 0 Å². The molecule has 1 fully saturated rings. The van der Waals surface area contributed by atoms with Gasteiger partial charge in [0.1, 0.15) is 24.0 Å². The lowest BCUT2D eigenvalue weighted by atomic mass is 10.1. The maximum Gasteiger partial charge on any atom is 0.287 e. The molecule has 1 saturated heterocycles. The second-order valence-electron chi connectivity index (χ2n) is 7.45. The average Bonchev–Trinajstić information content (AvgIpc) is 3.45. The minimum Gasteiger partial charge on any atom is -0.490 e. The average molecular weight is 482 g/mol. The molecular weight excluding hydrogens is 461 g/mol. The van der Waals surface area contributed by atoms with Crippen LogP contribution in [0.1, 0.15) is 28.9 Å². The third-order valence-corrected chi connectivity index (χ3v) is 5.75. The molecule has 1 N–H and O–H groups in total.